The molecule has 5 nitrogen and oxygen atoms in total. The molecule has 7 heteroatoms. The van der Waals surface area contributed by atoms with Gasteiger partial charge in [-0.3, -0.25) is 9.13 Å². The van der Waals surface area contributed by atoms with Gasteiger partial charge in [-0.2, -0.15) is 0 Å². The Morgan fingerprint density at radius 3 is 1.75 bits per heavy atom. The molecule has 0 rings (SSSR count). The van der Waals surface area contributed by atoms with Crippen LogP contribution in [0.25, 0.3) is 0 Å². The molecule has 0 aliphatic carbocycles. The monoisotopic (exact) mass is 268 g/mol. The molecule has 0 saturated heterocycles. The van der Waals surface area contributed by atoms with Crippen LogP contribution in [-0.2, 0) is 22.7 Å². The number of terminal acetylenes is 1. The van der Waals surface area contributed by atoms with Gasteiger partial charge in [0.05, 0.1) is 19.8 Å². The number of rotatable bonds is 8. The lowest BCUT2D eigenvalue weighted by Gasteiger charge is -2.19. The van der Waals surface area contributed by atoms with Crippen LogP contribution >= 0.6 is 15.0 Å². The van der Waals surface area contributed by atoms with Gasteiger partial charge in [-0.1, -0.05) is 0 Å². The van der Waals surface area contributed by atoms with Crippen molar-refractivity contribution in [2.45, 2.75) is 20.8 Å². The zero-order valence-electron chi connectivity index (χ0n) is 9.84. The van der Waals surface area contributed by atoms with E-state index in [1.165, 1.54) is 0 Å². The first-order valence-corrected chi connectivity index (χ1v) is 8.58. The Kier molecular flexibility index (Phi) is 7.22. The summed E-state index contributed by atoms with van der Waals surface area (Å²) in [5.74, 6) is -0.369. The number of hydrogen-bond donors (Lipinski definition) is 0. The minimum absolute atomic E-state index is 0.194. The van der Waals surface area contributed by atoms with Gasteiger partial charge in [0.1, 0.15) is 5.90 Å². The van der Waals surface area contributed by atoms with Crippen molar-refractivity contribution in [3.05, 3.63) is 0 Å². The lowest BCUT2D eigenvalue weighted by atomic mass is 10.9. The van der Waals surface area contributed by atoms with E-state index in [4.69, 9.17) is 20.0 Å². The van der Waals surface area contributed by atoms with Crippen LogP contribution in [0.5, 0.6) is 0 Å². The molecule has 0 N–H and O–H groups in total. The second-order valence-electron chi connectivity index (χ2n) is 2.81. The van der Waals surface area contributed by atoms with Crippen molar-refractivity contribution in [2.75, 3.05) is 25.7 Å². The summed E-state index contributed by atoms with van der Waals surface area (Å²) in [5.41, 5.74) is 2.05. The standard InChI is InChI=1S/C9H18O5P2/c1-5-12-15(10,8-4)9-16(11,13-6-2)14-7-3/h4H,5-7,9H2,1-3H3. The molecule has 0 saturated carbocycles. The van der Waals surface area contributed by atoms with Crippen LogP contribution in [0.2, 0.25) is 0 Å². The lowest BCUT2D eigenvalue weighted by Crippen LogP contribution is -2.02. The minimum Gasteiger partial charge on any atom is -0.320 e. The van der Waals surface area contributed by atoms with Crippen LogP contribution in [0, 0.1) is 12.1 Å². The SMILES string of the molecule is C#CP(=O)(CP(=O)(OCC)OCC)OCC. The molecule has 1 atom stereocenters. The molecule has 0 aliphatic heterocycles. The van der Waals surface area contributed by atoms with Crippen LogP contribution in [-0.4, -0.2) is 25.7 Å². The first-order valence-electron chi connectivity index (χ1n) is 5.04. The van der Waals surface area contributed by atoms with Gasteiger partial charge >= 0.3 is 7.60 Å². The molecule has 94 valence electrons. The second-order valence-corrected chi connectivity index (χ2v) is 7.54. The Morgan fingerprint density at radius 2 is 1.44 bits per heavy atom. The summed E-state index contributed by atoms with van der Waals surface area (Å²) in [5, 5.41) is 0. The Morgan fingerprint density at radius 1 is 1.00 bits per heavy atom. The van der Waals surface area contributed by atoms with Crippen molar-refractivity contribution in [2.24, 2.45) is 0 Å². The van der Waals surface area contributed by atoms with E-state index >= 15 is 0 Å². The summed E-state index contributed by atoms with van der Waals surface area (Å²) in [6, 6.07) is 0. The van der Waals surface area contributed by atoms with E-state index in [2.05, 4.69) is 5.66 Å². The maximum absolute atomic E-state index is 12.1. The van der Waals surface area contributed by atoms with Gasteiger partial charge < -0.3 is 13.6 Å². The van der Waals surface area contributed by atoms with Crippen LogP contribution < -0.4 is 0 Å². The van der Waals surface area contributed by atoms with Crippen molar-refractivity contribution in [3.63, 3.8) is 0 Å². The second kappa shape index (κ2) is 7.27. The maximum Gasteiger partial charge on any atom is 0.341 e. The molecular formula is C9H18O5P2. The molecule has 1 unspecified atom stereocenters. The number of hydrogen-bond acceptors (Lipinski definition) is 5. The highest BCUT2D eigenvalue weighted by Gasteiger charge is 2.35. The molecule has 0 aromatic rings. The van der Waals surface area contributed by atoms with E-state index in [-0.39, 0.29) is 25.7 Å². The van der Waals surface area contributed by atoms with Crippen molar-refractivity contribution in [3.8, 4) is 12.1 Å². The van der Waals surface area contributed by atoms with Gasteiger partial charge in [-0.15, -0.1) is 6.42 Å². The van der Waals surface area contributed by atoms with Gasteiger partial charge in [0.15, 0.2) is 0 Å². The molecule has 0 aliphatic rings. The summed E-state index contributed by atoms with van der Waals surface area (Å²) in [6.07, 6.45) is 5.12. The molecule has 0 bridgehead atoms. The molecule has 16 heavy (non-hydrogen) atoms. The Balaban J connectivity index is 4.80. The average molecular weight is 268 g/mol. The van der Waals surface area contributed by atoms with Crippen LogP contribution in [0.1, 0.15) is 20.8 Å². The molecule has 0 amide bonds. The van der Waals surface area contributed by atoms with Crippen LogP contribution in [0.15, 0.2) is 0 Å². The lowest BCUT2D eigenvalue weighted by molar-refractivity contribution is 0.222. The summed E-state index contributed by atoms with van der Waals surface area (Å²) in [6.45, 7) is 5.61. The quantitative estimate of drug-likeness (QED) is 0.500. The van der Waals surface area contributed by atoms with Gasteiger partial charge in [0.25, 0.3) is 7.37 Å². The fourth-order valence-corrected chi connectivity index (χ4v) is 5.55. The smallest absolute Gasteiger partial charge is 0.320 e. The first-order chi connectivity index (χ1) is 7.45. The Labute approximate surface area is 96.8 Å². The van der Waals surface area contributed by atoms with Gasteiger partial charge in [-0.05, 0) is 26.4 Å². The highest BCUT2D eigenvalue weighted by Crippen LogP contribution is 2.62. The molecule has 0 radical (unpaired) electrons. The third-order valence-electron chi connectivity index (χ3n) is 1.55. The summed E-state index contributed by atoms with van der Waals surface area (Å²) in [4.78, 5) is 0. The Bertz CT molecular complexity index is 323. The molecule has 0 aromatic heterocycles. The highest BCUT2D eigenvalue weighted by atomic mass is 31.2. The fourth-order valence-electron chi connectivity index (χ4n) is 1.07. The molecule has 0 heterocycles. The van der Waals surface area contributed by atoms with E-state index < -0.39 is 15.0 Å². The average Bonchev–Trinajstić information content (AvgIpc) is 2.18. The maximum atomic E-state index is 12.1. The fraction of sp³-hybridized carbons (Fsp3) is 0.778. The third-order valence-corrected chi connectivity index (χ3v) is 6.79. The Hall–Kier alpha value is -0.100. The highest BCUT2D eigenvalue weighted by molar-refractivity contribution is 7.76. The van der Waals surface area contributed by atoms with E-state index in [9.17, 15) is 9.13 Å². The molecule has 0 fully saturated rings. The first kappa shape index (κ1) is 15.9. The molecule has 0 spiro atoms. The zero-order valence-corrected chi connectivity index (χ0v) is 11.6. The van der Waals surface area contributed by atoms with Gasteiger partial charge in [0, 0.05) is 0 Å². The van der Waals surface area contributed by atoms with Crippen LogP contribution in [0.3, 0.4) is 0 Å². The van der Waals surface area contributed by atoms with Crippen molar-refractivity contribution >= 4 is 15.0 Å². The van der Waals surface area contributed by atoms with Crippen molar-refractivity contribution < 1.29 is 22.7 Å². The van der Waals surface area contributed by atoms with Crippen molar-refractivity contribution in [1.82, 2.24) is 0 Å². The van der Waals surface area contributed by atoms with E-state index in [0.717, 1.165) is 0 Å². The van der Waals surface area contributed by atoms with Crippen molar-refractivity contribution in [1.29, 1.82) is 0 Å². The van der Waals surface area contributed by atoms with E-state index in [0.29, 0.717) is 0 Å². The third kappa shape index (κ3) is 5.30. The molecular weight excluding hydrogens is 250 g/mol. The van der Waals surface area contributed by atoms with E-state index in [1.807, 2.05) is 0 Å². The predicted molar refractivity (Wildman–Crippen MR) is 63.8 cm³/mol. The largest absolute Gasteiger partial charge is 0.341 e. The minimum atomic E-state index is -3.42. The topological polar surface area (TPSA) is 61.8 Å². The summed E-state index contributed by atoms with van der Waals surface area (Å²) in [7, 11) is -6.78. The predicted octanol–water partition coefficient (Wildman–Crippen LogP) is 3.12. The summed E-state index contributed by atoms with van der Waals surface area (Å²) >= 11 is 0. The molecule has 0 aromatic carbocycles. The summed E-state index contributed by atoms with van der Waals surface area (Å²) < 4.78 is 39.0. The van der Waals surface area contributed by atoms with Crippen LogP contribution in [0.4, 0.5) is 0 Å². The zero-order chi connectivity index (χ0) is 12.7. The van der Waals surface area contributed by atoms with E-state index in [1.54, 1.807) is 20.8 Å². The van der Waals surface area contributed by atoms with Gasteiger partial charge in [-0.25, -0.2) is 0 Å². The normalized spacial score (nSPS) is 15.4. The van der Waals surface area contributed by atoms with Gasteiger partial charge in [0.2, 0.25) is 0 Å².